The average molecular weight is 511 g/mol. The van der Waals surface area contributed by atoms with Crippen LogP contribution in [0.15, 0.2) is 48.5 Å². The molecule has 8 heteroatoms. The van der Waals surface area contributed by atoms with Crippen LogP contribution < -0.4 is 14.8 Å². The summed E-state index contributed by atoms with van der Waals surface area (Å²) in [5, 5.41) is 11.9. The number of rotatable bonds is 16. The van der Waals surface area contributed by atoms with Crippen molar-refractivity contribution in [2.75, 3.05) is 33.1 Å². The maximum atomic E-state index is 12.3. The molecule has 2 rings (SSSR count). The van der Waals surface area contributed by atoms with E-state index >= 15 is 0 Å². The summed E-state index contributed by atoms with van der Waals surface area (Å²) in [6.45, 7) is 0.513. The molecule has 0 saturated heterocycles. The quantitative estimate of drug-likeness (QED) is 0.302. The summed E-state index contributed by atoms with van der Waals surface area (Å²) in [5.41, 5.74) is 2.41. The Morgan fingerprint density at radius 2 is 1.81 bits per heavy atom. The first-order valence-corrected chi connectivity index (χ1v) is 12.6. The number of hydrogen-bond acceptors (Lipinski definition) is 5. The van der Waals surface area contributed by atoms with Gasteiger partial charge in [0.05, 0.1) is 13.7 Å². The lowest BCUT2D eigenvalue weighted by Crippen LogP contribution is -2.21. The van der Waals surface area contributed by atoms with Crippen LogP contribution in [0.4, 0.5) is 5.69 Å². The number of carboxylic acid groups (broad SMARTS) is 1. The lowest BCUT2D eigenvalue weighted by molar-refractivity contribution is -0.137. The van der Waals surface area contributed by atoms with Crippen LogP contribution in [0.3, 0.4) is 0 Å². The number of carboxylic acids is 1. The van der Waals surface area contributed by atoms with Crippen molar-refractivity contribution in [2.24, 2.45) is 0 Å². The monoisotopic (exact) mass is 510 g/mol. The van der Waals surface area contributed by atoms with Crippen molar-refractivity contribution >= 4 is 29.5 Å². The summed E-state index contributed by atoms with van der Waals surface area (Å²) >= 11 is 0. The SMILES string of the molecule is COc1cccc(C=CCCCCOc2ccc(NC(=O)CCCC(=O)N(C)C)cc2CCC(=O)O)c1. The van der Waals surface area contributed by atoms with Gasteiger partial charge in [0, 0.05) is 39.0 Å². The Morgan fingerprint density at radius 1 is 1.00 bits per heavy atom. The van der Waals surface area contributed by atoms with Crippen molar-refractivity contribution in [2.45, 2.75) is 51.4 Å². The highest BCUT2D eigenvalue weighted by atomic mass is 16.5. The predicted octanol–water partition coefficient (Wildman–Crippen LogP) is 5.17. The Bertz CT molecular complexity index is 1060. The molecule has 0 aliphatic heterocycles. The fourth-order valence-corrected chi connectivity index (χ4v) is 3.59. The molecule has 0 heterocycles. The number of nitrogens with one attached hydrogen (secondary N) is 1. The van der Waals surface area contributed by atoms with E-state index in [4.69, 9.17) is 14.6 Å². The standard InChI is InChI=1S/C29H38N2O6/c1-31(2)28(33)14-9-13-27(32)30-24-16-17-26(23(21-24)15-18-29(34)35)37-19-7-5-4-6-10-22-11-8-12-25(20-22)36-3/h6,8,10-12,16-17,20-21H,4-5,7,9,13-15,18-19H2,1-3H3,(H,30,32)(H,34,35). The third-order valence-corrected chi connectivity index (χ3v) is 5.67. The largest absolute Gasteiger partial charge is 0.497 e. The highest BCUT2D eigenvalue weighted by molar-refractivity contribution is 5.91. The van der Waals surface area contributed by atoms with Gasteiger partial charge in [-0.3, -0.25) is 14.4 Å². The van der Waals surface area contributed by atoms with Gasteiger partial charge >= 0.3 is 5.97 Å². The molecular weight excluding hydrogens is 472 g/mol. The molecule has 0 bridgehead atoms. The van der Waals surface area contributed by atoms with Gasteiger partial charge in [0.2, 0.25) is 11.8 Å². The van der Waals surface area contributed by atoms with E-state index in [0.717, 1.165) is 36.1 Å². The summed E-state index contributed by atoms with van der Waals surface area (Å²) in [5.74, 6) is 0.359. The van der Waals surface area contributed by atoms with Gasteiger partial charge in [0.15, 0.2) is 0 Å². The third kappa shape index (κ3) is 11.6. The second kappa shape index (κ2) is 16.0. The number of carbonyl (C=O) groups excluding carboxylic acids is 2. The molecule has 0 unspecified atom stereocenters. The van der Waals surface area contributed by atoms with Crippen LogP contribution in [-0.2, 0) is 20.8 Å². The van der Waals surface area contributed by atoms with Gasteiger partial charge in [-0.05, 0) is 73.6 Å². The Morgan fingerprint density at radius 3 is 2.54 bits per heavy atom. The Balaban J connectivity index is 1.83. The fourth-order valence-electron chi connectivity index (χ4n) is 3.59. The number of nitrogens with zero attached hydrogens (tertiary/aromatic N) is 1. The second-order valence-electron chi connectivity index (χ2n) is 8.93. The first-order valence-electron chi connectivity index (χ1n) is 12.6. The van der Waals surface area contributed by atoms with E-state index in [1.54, 1.807) is 39.4 Å². The van der Waals surface area contributed by atoms with E-state index in [0.29, 0.717) is 37.3 Å². The number of aryl methyl sites for hydroxylation is 1. The molecule has 0 saturated carbocycles. The predicted molar refractivity (Wildman–Crippen MR) is 145 cm³/mol. The first kappa shape index (κ1) is 29.4. The third-order valence-electron chi connectivity index (χ3n) is 5.67. The van der Waals surface area contributed by atoms with Crippen molar-refractivity contribution in [3.63, 3.8) is 0 Å². The maximum absolute atomic E-state index is 12.3. The van der Waals surface area contributed by atoms with Gasteiger partial charge in [-0.2, -0.15) is 0 Å². The lowest BCUT2D eigenvalue weighted by atomic mass is 10.1. The molecule has 0 atom stereocenters. The van der Waals surface area contributed by atoms with Crippen molar-refractivity contribution in [1.82, 2.24) is 4.90 Å². The van der Waals surface area contributed by atoms with E-state index in [-0.39, 0.29) is 24.7 Å². The van der Waals surface area contributed by atoms with Crippen LogP contribution >= 0.6 is 0 Å². The van der Waals surface area contributed by atoms with Gasteiger partial charge in [-0.15, -0.1) is 0 Å². The Kier molecular flexibility index (Phi) is 12.8. The molecule has 0 aliphatic rings. The number of benzene rings is 2. The van der Waals surface area contributed by atoms with E-state index in [1.165, 1.54) is 4.90 Å². The zero-order valence-corrected chi connectivity index (χ0v) is 22.0. The summed E-state index contributed by atoms with van der Waals surface area (Å²) in [7, 11) is 5.02. The minimum Gasteiger partial charge on any atom is -0.497 e. The van der Waals surface area contributed by atoms with E-state index in [2.05, 4.69) is 17.5 Å². The van der Waals surface area contributed by atoms with Crippen LogP contribution in [0.1, 0.15) is 56.1 Å². The number of carbonyl (C=O) groups is 3. The molecule has 2 aromatic carbocycles. The van der Waals surface area contributed by atoms with Crippen molar-refractivity contribution in [3.05, 3.63) is 59.7 Å². The van der Waals surface area contributed by atoms with Gasteiger partial charge in [0.1, 0.15) is 11.5 Å². The summed E-state index contributed by atoms with van der Waals surface area (Å²) in [6, 6.07) is 13.2. The van der Waals surface area contributed by atoms with Crippen LogP contribution in [-0.4, -0.2) is 55.6 Å². The smallest absolute Gasteiger partial charge is 0.303 e. The van der Waals surface area contributed by atoms with Crippen molar-refractivity contribution in [3.8, 4) is 11.5 Å². The molecule has 2 N–H and O–H groups in total. The van der Waals surface area contributed by atoms with Crippen LogP contribution in [0.2, 0.25) is 0 Å². The van der Waals surface area contributed by atoms with E-state index in [1.807, 2.05) is 24.3 Å². The van der Waals surface area contributed by atoms with Crippen LogP contribution in [0.5, 0.6) is 11.5 Å². The normalized spacial score (nSPS) is 10.8. The summed E-state index contributed by atoms with van der Waals surface area (Å²) < 4.78 is 11.2. The molecule has 0 radical (unpaired) electrons. The topological polar surface area (TPSA) is 105 Å². The van der Waals surface area contributed by atoms with Gasteiger partial charge in [-0.1, -0.05) is 24.3 Å². The molecule has 200 valence electrons. The fraction of sp³-hybridized carbons (Fsp3) is 0.414. The number of methoxy groups -OCH3 is 1. The number of unbranched alkanes of at least 4 members (excludes halogenated alkanes) is 2. The van der Waals surface area contributed by atoms with Gasteiger partial charge < -0.3 is 24.8 Å². The molecule has 0 aromatic heterocycles. The zero-order valence-electron chi connectivity index (χ0n) is 22.0. The average Bonchev–Trinajstić information content (AvgIpc) is 2.87. The Labute approximate surface area is 219 Å². The second-order valence-corrected chi connectivity index (χ2v) is 8.93. The van der Waals surface area contributed by atoms with Crippen LogP contribution in [0.25, 0.3) is 6.08 Å². The lowest BCUT2D eigenvalue weighted by Gasteiger charge is -2.14. The number of amides is 2. The Hall–Kier alpha value is -3.81. The maximum Gasteiger partial charge on any atom is 0.303 e. The van der Waals surface area contributed by atoms with E-state index in [9.17, 15) is 14.4 Å². The van der Waals surface area contributed by atoms with Crippen molar-refractivity contribution < 1.29 is 29.0 Å². The summed E-state index contributed by atoms with van der Waals surface area (Å²) in [6.07, 6.45) is 8.19. The van der Waals surface area contributed by atoms with Gasteiger partial charge in [-0.25, -0.2) is 0 Å². The van der Waals surface area contributed by atoms with Gasteiger partial charge in [0.25, 0.3) is 0 Å². The molecule has 0 aliphatic carbocycles. The van der Waals surface area contributed by atoms with E-state index < -0.39 is 5.97 Å². The highest BCUT2D eigenvalue weighted by Gasteiger charge is 2.11. The number of anilines is 1. The number of allylic oxidation sites excluding steroid dienone is 1. The molecule has 0 spiro atoms. The first-order chi connectivity index (χ1) is 17.8. The molecule has 2 amide bonds. The molecular formula is C29H38N2O6. The van der Waals surface area contributed by atoms with Crippen LogP contribution in [0, 0.1) is 0 Å². The zero-order chi connectivity index (χ0) is 27.0. The number of hydrogen-bond donors (Lipinski definition) is 2. The number of ether oxygens (including phenoxy) is 2. The molecule has 37 heavy (non-hydrogen) atoms. The number of aliphatic carboxylic acids is 1. The minimum atomic E-state index is -0.895. The minimum absolute atomic E-state index is 0.0156. The molecule has 2 aromatic rings. The molecule has 8 nitrogen and oxygen atoms in total. The van der Waals surface area contributed by atoms with Crippen molar-refractivity contribution in [1.29, 1.82) is 0 Å². The summed E-state index contributed by atoms with van der Waals surface area (Å²) in [4.78, 5) is 36.5. The molecule has 0 fully saturated rings. The highest BCUT2D eigenvalue weighted by Crippen LogP contribution is 2.25.